The van der Waals surface area contributed by atoms with E-state index in [-0.39, 0.29) is 18.6 Å². The number of methoxy groups -OCH3 is 1. The van der Waals surface area contributed by atoms with E-state index in [1.807, 2.05) is 31.2 Å². The molecule has 3 aromatic carbocycles. The molecule has 0 saturated heterocycles. The molecule has 0 saturated carbocycles. The van der Waals surface area contributed by atoms with Gasteiger partial charge in [0.05, 0.1) is 40.8 Å². The molecule has 4 rings (SSSR count). The van der Waals surface area contributed by atoms with Gasteiger partial charge in [-0.15, -0.1) is 0 Å². The van der Waals surface area contributed by atoms with Gasteiger partial charge in [0.25, 0.3) is 0 Å². The van der Waals surface area contributed by atoms with Crippen LogP contribution in [-0.2, 0) is 21.6 Å². The van der Waals surface area contributed by atoms with Crippen LogP contribution in [0.25, 0.3) is 16.9 Å². The van der Waals surface area contributed by atoms with Crippen molar-refractivity contribution in [1.29, 1.82) is 0 Å². The van der Waals surface area contributed by atoms with E-state index in [1.54, 1.807) is 67.2 Å². The third kappa shape index (κ3) is 5.25. The Morgan fingerprint density at radius 2 is 1.78 bits per heavy atom. The van der Waals surface area contributed by atoms with Crippen LogP contribution in [0.1, 0.15) is 23.7 Å². The number of rotatable bonds is 8. The maximum absolute atomic E-state index is 16.6. The van der Waals surface area contributed by atoms with E-state index < -0.39 is 11.6 Å². The molecule has 0 amide bonds. The monoisotopic (exact) mass is 526 g/mol. The van der Waals surface area contributed by atoms with Crippen LogP contribution in [0, 0.1) is 6.92 Å². The molecule has 8 heteroatoms. The number of carbonyl (C=O) groups excluding carboxylic acids is 1. The zero-order chi connectivity index (χ0) is 25.9. The molecule has 1 heterocycles. The van der Waals surface area contributed by atoms with Gasteiger partial charge in [-0.3, -0.25) is 0 Å². The Morgan fingerprint density at radius 3 is 2.42 bits per heavy atom. The first-order chi connectivity index (χ1) is 17.2. The SMILES string of the molecule is CCOC(=O)C(F)(Cc1cc(-c2ccc(Cl)c(Cl)c2)n(-c2ccc(OC)cc2)n1)c1cccc(C)c1. The first kappa shape index (κ1) is 25.7. The lowest BCUT2D eigenvalue weighted by Gasteiger charge is -2.23. The summed E-state index contributed by atoms with van der Waals surface area (Å²) < 4.78 is 28.6. The highest BCUT2D eigenvalue weighted by molar-refractivity contribution is 6.42. The summed E-state index contributed by atoms with van der Waals surface area (Å²) >= 11 is 12.4. The zero-order valence-electron chi connectivity index (χ0n) is 20.1. The fourth-order valence-electron chi connectivity index (χ4n) is 3.98. The topological polar surface area (TPSA) is 53.4 Å². The molecule has 4 aromatic rings. The summed E-state index contributed by atoms with van der Waals surface area (Å²) in [5.74, 6) is -0.266. The number of hydrogen-bond donors (Lipinski definition) is 0. The van der Waals surface area contributed by atoms with Crippen molar-refractivity contribution in [2.75, 3.05) is 13.7 Å². The maximum atomic E-state index is 16.6. The van der Waals surface area contributed by atoms with Crippen molar-refractivity contribution in [3.05, 3.63) is 99.7 Å². The molecule has 0 fully saturated rings. The van der Waals surface area contributed by atoms with Crippen LogP contribution in [-0.4, -0.2) is 29.5 Å². The van der Waals surface area contributed by atoms with Crippen LogP contribution >= 0.6 is 23.2 Å². The average Bonchev–Trinajstić information content (AvgIpc) is 3.29. The van der Waals surface area contributed by atoms with E-state index in [1.165, 1.54) is 0 Å². The number of halogens is 3. The number of esters is 1. The molecule has 0 aliphatic heterocycles. The van der Waals surface area contributed by atoms with Crippen molar-refractivity contribution in [3.63, 3.8) is 0 Å². The summed E-state index contributed by atoms with van der Waals surface area (Å²) in [5, 5.41) is 5.49. The van der Waals surface area contributed by atoms with Crippen LogP contribution in [0.2, 0.25) is 10.0 Å². The molecule has 0 aliphatic rings. The summed E-state index contributed by atoms with van der Waals surface area (Å²) in [6.45, 7) is 3.55. The van der Waals surface area contributed by atoms with Crippen LogP contribution in [0.4, 0.5) is 4.39 Å². The number of ether oxygens (including phenoxy) is 2. The summed E-state index contributed by atoms with van der Waals surface area (Å²) in [7, 11) is 1.59. The molecular weight excluding hydrogens is 502 g/mol. The minimum Gasteiger partial charge on any atom is -0.497 e. The van der Waals surface area contributed by atoms with E-state index in [0.717, 1.165) is 16.8 Å². The Kier molecular flexibility index (Phi) is 7.67. The number of nitrogens with zero attached hydrogens (tertiary/aromatic N) is 2. The Hall–Kier alpha value is -3.35. The molecule has 5 nitrogen and oxygen atoms in total. The maximum Gasteiger partial charge on any atom is 0.349 e. The summed E-state index contributed by atoms with van der Waals surface area (Å²) in [4.78, 5) is 12.9. The van der Waals surface area contributed by atoms with E-state index in [2.05, 4.69) is 0 Å². The van der Waals surface area contributed by atoms with Crippen molar-refractivity contribution in [2.45, 2.75) is 25.9 Å². The standard InChI is InChI=1S/C28H25Cl2FN2O3/c1-4-36-27(34)28(31,20-7-5-6-18(2)14-20)17-21-16-26(19-8-13-24(29)25(30)15-19)33(32-21)22-9-11-23(35-3)12-10-22/h5-16H,4,17H2,1-3H3. The molecule has 0 bridgehead atoms. The van der Waals surface area contributed by atoms with Gasteiger partial charge in [0.1, 0.15) is 5.75 Å². The fourth-order valence-corrected chi connectivity index (χ4v) is 4.27. The van der Waals surface area contributed by atoms with Crippen LogP contribution in [0.15, 0.2) is 72.8 Å². The van der Waals surface area contributed by atoms with Gasteiger partial charge in [0.2, 0.25) is 5.67 Å². The predicted molar refractivity (Wildman–Crippen MR) is 140 cm³/mol. The molecule has 0 aliphatic carbocycles. The lowest BCUT2D eigenvalue weighted by molar-refractivity contribution is -0.158. The van der Waals surface area contributed by atoms with Gasteiger partial charge in [0, 0.05) is 17.5 Å². The second-order valence-corrected chi connectivity index (χ2v) is 9.14. The van der Waals surface area contributed by atoms with Crippen molar-refractivity contribution in [1.82, 2.24) is 9.78 Å². The highest BCUT2D eigenvalue weighted by atomic mass is 35.5. The molecule has 1 aromatic heterocycles. The van der Waals surface area contributed by atoms with E-state index >= 15 is 4.39 Å². The Bertz CT molecular complexity index is 1390. The third-order valence-corrected chi connectivity index (χ3v) is 6.53. The molecular formula is C28H25Cl2FN2O3. The second kappa shape index (κ2) is 10.7. The highest BCUT2D eigenvalue weighted by Crippen LogP contribution is 2.35. The van der Waals surface area contributed by atoms with Gasteiger partial charge < -0.3 is 9.47 Å². The van der Waals surface area contributed by atoms with Crippen molar-refractivity contribution >= 4 is 29.2 Å². The number of alkyl halides is 1. The minimum atomic E-state index is -2.42. The summed E-state index contributed by atoms with van der Waals surface area (Å²) in [6, 6.07) is 21.1. The lowest BCUT2D eigenvalue weighted by Crippen LogP contribution is -2.35. The molecule has 36 heavy (non-hydrogen) atoms. The largest absolute Gasteiger partial charge is 0.497 e. The average molecular weight is 527 g/mol. The fraction of sp³-hybridized carbons (Fsp3) is 0.214. The van der Waals surface area contributed by atoms with E-state index in [9.17, 15) is 4.79 Å². The van der Waals surface area contributed by atoms with Gasteiger partial charge in [-0.25, -0.2) is 13.9 Å². The van der Waals surface area contributed by atoms with Gasteiger partial charge >= 0.3 is 5.97 Å². The molecule has 1 unspecified atom stereocenters. The summed E-state index contributed by atoms with van der Waals surface area (Å²) in [6.07, 6.45) is -0.313. The normalized spacial score (nSPS) is 12.7. The van der Waals surface area contributed by atoms with Gasteiger partial charge in [-0.2, -0.15) is 5.10 Å². The third-order valence-electron chi connectivity index (χ3n) is 5.79. The zero-order valence-corrected chi connectivity index (χ0v) is 21.6. The first-order valence-corrected chi connectivity index (χ1v) is 12.1. The second-order valence-electron chi connectivity index (χ2n) is 8.33. The summed E-state index contributed by atoms with van der Waals surface area (Å²) in [5.41, 5.74) is 1.10. The quantitative estimate of drug-likeness (QED) is 0.229. The molecule has 0 N–H and O–H groups in total. The number of aryl methyl sites for hydroxylation is 1. The van der Waals surface area contributed by atoms with E-state index in [0.29, 0.717) is 27.2 Å². The Morgan fingerprint density at radius 1 is 1.03 bits per heavy atom. The molecule has 0 radical (unpaired) electrons. The smallest absolute Gasteiger partial charge is 0.349 e. The van der Waals surface area contributed by atoms with Crippen molar-refractivity contribution in [2.24, 2.45) is 0 Å². The number of carbonyl (C=O) groups is 1. The molecule has 186 valence electrons. The molecule has 0 spiro atoms. The Balaban J connectivity index is 1.84. The Labute approximate surface area is 219 Å². The number of hydrogen-bond acceptors (Lipinski definition) is 4. The molecule has 1 atom stereocenters. The predicted octanol–water partition coefficient (Wildman–Crippen LogP) is 7.13. The van der Waals surface area contributed by atoms with Crippen molar-refractivity contribution < 1.29 is 18.7 Å². The number of benzene rings is 3. The van der Waals surface area contributed by atoms with Gasteiger partial charge in [-0.1, -0.05) is 59.1 Å². The van der Waals surface area contributed by atoms with Crippen LogP contribution in [0.3, 0.4) is 0 Å². The van der Waals surface area contributed by atoms with Crippen LogP contribution in [0.5, 0.6) is 5.75 Å². The van der Waals surface area contributed by atoms with Crippen LogP contribution < -0.4 is 4.74 Å². The van der Waals surface area contributed by atoms with Gasteiger partial charge in [0.15, 0.2) is 0 Å². The van der Waals surface area contributed by atoms with Crippen molar-refractivity contribution in [3.8, 4) is 22.7 Å². The van der Waals surface area contributed by atoms with Gasteiger partial charge in [-0.05, 0) is 56.3 Å². The minimum absolute atomic E-state index is 0.0606. The van der Waals surface area contributed by atoms with E-state index in [4.69, 9.17) is 37.8 Å². The highest BCUT2D eigenvalue weighted by Gasteiger charge is 2.43. The first-order valence-electron chi connectivity index (χ1n) is 11.4. The lowest BCUT2D eigenvalue weighted by atomic mass is 9.89. The number of aromatic nitrogens is 2.